The minimum Gasteiger partial charge on any atom is -0.496 e. The Kier molecular flexibility index (Phi) is 8.32. The molecular weight excluding hydrogens is 424 g/mol. The number of ether oxygens (including phenoxy) is 1. The largest absolute Gasteiger partial charge is 0.496 e. The lowest BCUT2D eigenvalue weighted by atomic mass is 9.96. The van der Waals surface area contributed by atoms with Crippen LogP contribution in [0.5, 0.6) is 5.75 Å². The third-order valence-corrected chi connectivity index (χ3v) is 7.71. The van der Waals surface area contributed by atoms with Crippen molar-refractivity contribution in [2.24, 2.45) is 5.92 Å². The van der Waals surface area contributed by atoms with Crippen molar-refractivity contribution in [1.29, 1.82) is 0 Å². The minimum absolute atomic E-state index is 0.0486. The van der Waals surface area contributed by atoms with E-state index in [1.54, 1.807) is 25.3 Å². The zero-order valence-electron chi connectivity index (χ0n) is 19.2. The number of hydrogen-bond donors (Lipinski definition) is 1. The van der Waals surface area contributed by atoms with Crippen LogP contribution in [-0.2, 0) is 21.2 Å². The summed E-state index contributed by atoms with van der Waals surface area (Å²) in [5.41, 5.74) is 1.81. The van der Waals surface area contributed by atoms with Gasteiger partial charge in [0.2, 0.25) is 15.9 Å². The second-order valence-electron chi connectivity index (χ2n) is 8.75. The third kappa shape index (κ3) is 6.11. The zero-order chi connectivity index (χ0) is 23.1. The number of hydrogen-bond acceptors (Lipinski definition) is 4. The van der Waals surface area contributed by atoms with Gasteiger partial charge in [0.1, 0.15) is 5.75 Å². The number of amides is 1. The summed E-state index contributed by atoms with van der Waals surface area (Å²) in [6.45, 7) is 5.39. The van der Waals surface area contributed by atoms with E-state index in [0.29, 0.717) is 31.2 Å². The first kappa shape index (κ1) is 24.3. The van der Waals surface area contributed by atoms with E-state index in [1.165, 1.54) is 4.31 Å². The molecule has 2 aromatic rings. The Bertz CT molecular complexity index is 1000. The van der Waals surface area contributed by atoms with Crippen LogP contribution in [0.3, 0.4) is 0 Å². The average molecular weight is 459 g/mol. The molecule has 1 N–H and O–H groups in total. The number of nitrogens with one attached hydrogen (secondary N) is 1. The van der Waals surface area contributed by atoms with Crippen molar-refractivity contribution < 1.29 is 17.9 Å². The van der Waals surface area contributed by atoms with Crippen LogP contribution in [0.2, 0.25) is 0 Å². The lowest BCUT2D eigenvalue weighted by molar-refractivity contribution is -0.121. The number of aryl methyl sites for hydroxylation is 1. The van der Waals surface area contributed by atoms with E-state index in [-0.39, 0.29) is 23.3 Å². The van der Waals surface area contributed by atoms with Gasteiger partial charge in [-0.1, -0.05) is 44.2 Å². The van der Waals surface area contributed by atoms with Crippen LogP contribution in [-0.4, -0.2) is 38.8 Å². The summed E-state index contributed by atoms with van der Waals surface area (Å²) in [7, 11) is -1.96. The first-order valence-corrected chi connectivity index (χ1v) is 12.8. The molecule has 0 radical (unpaired) electrons. The molecule has 1 atom stereocenters. The zero-order valence-corrected chi connectivity index (χ0v) is 20.0. The Labute approximate surface area is 192 Å². The van der Waals surface area contributed by atoms with E-state index in [0.717, 1.165) is 30.4 Å². The van der Waals surface area contributed by atoms with Crippen molar-refractivity contribution >= 4 is 15.9 Å². The van der Waals surface area contributed by atoms with Crippen LogP contribution in [0, 0.1) is 5.92 Å². The third-order valence-electron chi connectivity index (χ3n) is 5.82. The van der Waals surface area contributed by atoms with Gasteiger partial charge in [-0.2, -0.15) is 4.31 Å². The number of sulfonamides is 1. The summed E-state index contributed by atoms with van der Waals surface area (Å²) in [5, 5.41) is 3.16. The number of methoxy groups -OCH3 is 1. The lowest BCUT2D eigenvalue weighted by Crippen LogP contribution is -2.30. The van der Waals surface area contributed by atoms with Crippen molar-refractivity contribution in [3.05, 3.63) is 59.7 Å². The highest BCUT2D eigenvalue weighted by Gasteiger charge is 2.28. The van der Waals surface area contributed by atoms with Crippen molar-refractivity contribution in [3.63, 3.8) is 0 Å². The van der Waals surface area contributed by atoms with E-state index in [9.17, 15) is 13.2 Å². The highest BCUT2D eigenvalue weighted by molar-refractivity contribution is 7.89. The van der Waals surface area contributed by atoms with E-state index in [2.05, 4.69) is 19.2 Å². The first-order chi connectivity index (χ1) is 15.3. The quantitative estimate of drug-likeness (QED) is 0.575. The Balaban J connectivity index is 1.71. The minimum atomic E-state index is -3.52. The van der Waals surface area contributed by atoms with E-state index in [1.807, 2.05) is 30.3 Å². The van der Waals surface area contributed by atoms with Gasteiger partial charge in [-0.05, 0) is 60.9 Å². The second kappa shape index (κ2) is 11.0. The molecule has 1 aliphatic heterocycles. The highest BCUT2D eigenvalue weighted by atomic mass is 32.2. The predicted octanol–water partition coefficient (Wildman–Crippen LogP) is 4.32. The SMILES string of the molecule is COc1ccc(S(=O)(=O)N2CCCC2)cc1CCC(=O)NC(CC(C)C)c1ccccc1. The maximum atomic E-state index is 12.9. The monoisotopic (exact) mass is 458 g/mol. The molecule has 0 aliphatic carbocycles. The Morgan fingerprint density at radius 1 is 1.09 bits per heavy atom. The van der Waals surface area contributed by atoms with Crippen molar-refractivity contribution in [2.45, 2.75) is 56.9 Å². The van der Waals surface area contributed by atoms with Crippen LogP contribution >= 0.6 is 0 Å². The molecule has 3 rings (SSSR count). The molecule has 7 heteroatoms. The van der Waals surface area contributed by atoms with E-state index < -0.39 is 10.0 Å². The van der Waals surface area contributed by atoms with E-state index in [4.69, 9.17) is 4.74 Å². The molecule has 1 aliphatic rings. The first-order valence-electron chi connectivity index (χ1n) is 11.3. The van der Waals surface area contributed by atoms with Gasteiger partial charge in [0.15, 0.2) is 0 Å². The van der Waals surface area contributed by atoms with Crippen LogP contribution in [0.4, 0.5) is 0 Å². The molecule has 1 amide bonds. The van der Waals surface area contributed by atoms with Crippen molar-refractivity contribution in [2.75, 3.05) is 20.2 Å². The Morgan fingerprint density at radius 2 is 1.78 bits per heavy atom. The summed E-state index contributed by atoms with van der Waals surface area (Å²) in [6.07, 6.45) is 3.29. The molecule has 174 valence electrons. The molecule has 0 bridgehead atoms. The molecule has 1 fully saturated rings. The lowest BCUT2D eigenvalue weighted by Gasteiger charge is -2.21. The molecule has 32 heavy (non-hydrogen) atoms. The van der Waals surface area contributed by atoms with Crippen LogP contribution in [0.1, 0.15) is 56.7 Å². The fourth-order valence-electron chi connectivity index (χ4n) is 4.14. The Morgan fingerprint density at radius 3 is 2.41 bits per heavy atom. The molecule has 1 heterocycles. The number of nitrogens with zero attached hydrogens (tertiary/aromatic N) is 1. The van der Waals surface area contributed by atoms with E-state index >= 15 is 0 Å². The molecule has 0 aromatic heterocycles. The molecule has 1 unspecified atom stereocenters. The molecule has 0 spiro atoms. The topological polar surface area (TPSA) is 75.7 Å². The second-order valence-corrected chi connectivity index (χ2v) is 10.7. The van der Waals surface area contributed by atoms with Gasteiger partial charge >= 0.3 is 0 Å². The predicted molar refractivity (Wildman–Crippen MR) is 126 cm³/mol. The standard InChI is InChI=1S/C25H34N2O4S/c1-19(2)17-23(20-9-5-4-6-10-20)26-25(28)14-11-21-18-22(12-13-24(21)31-3)32(29,30)27-15-7-8-16-27/h4-6,9-10,12-13,18-19,23H,7-8,11,14-17H2,1-3H3,(H,26,28). The molecule has 1 saturated heterocycles. The van der Waals surface area contributed by atoms with Gasteiger partial charge in [-0.15, -0.1) is 0 Å². The maximum Gasteiger partial charge on any atom is 0.243 e. The Hall–Kier alpha value is -2.38. The number of benzene rings is 2. The smallest absolute Gasteiger partial charge is 0.243 e. The fourth-order valence-corrected chi connectivity index (χ4v) is 5.71. The summed E-state index contributed by atoms with van der Waals surface area (Å²) >= 11 is 0. The van der Waals surface area contributed by atoms with Gasteiger partial charge < -0.3 is 10.1 Å². The average Bonchev–Trinajstić information content (AvgIpc) is 3.33. The number of rotatable bonds is 10. The van der Waals surface area contributed by atoms with Gasteiger partial charge in [0, 0.05) is 19.5 Å². The highest BCUT2D eigenvalue weighted by Crippen LogP contribution is 2.28. The van der Waals surface area contributed by atoms with Gasteiger partial charge in [-0.25, -0.2) is 8.42 Å². The van der Waals surface area contributed by atoms with Gasteiger partial charge in [-0.3, -0.25) is 4.79 Å². The molecule has 6 nitrogen and oxygen atoms in total. The summed E-state index contributed by atoms with van der Waals surface area (Å²) in [5.74, 6) is 0.974. The van der Waals surface area contributed by atoms with Crippen LogP contribution in [0.15, 0.2) is 53.4 Å². The summed E-state index contributed by atoms with van der Waals surface area (Å²) in [6, 6.07) is 14.9. The molecule has 2 aromatic carbocycles. The normalized spacial score (nSPS) is 15.6. The fraction of sp³-hybridized carbons (Fsp3) is 0.480. The van der Waals surface area contributed by atoms with Gasteiger partial charge in [0.25, 0.3) is 0 Å². The molecule has 0 saturated carbocycles. The number of carbonyl (C=O) groups excluding carboxylic acids is 1. The van der Waals surface area contributed by atoms with Crippen LogP contribution in [0.25, 0.3) is 0 Å². The van der Waals surface area contributed by atoms with Gasteiger partial charge in [0.05, 0.1) is 18.0 Å². The maximum absolute atomic E-state index is 12.9. The van der Waals surface area contributed by atoms with Crippen molar-refractivity contribution in [3.8, 4) is 5.75 Å². The van der Waals surface area contributed by atoms with Crippen molar-refractivity contribution in [1.82, 2.24) is 9.62 Å². The summed E-state index contributed by atoms with van der Waals surface area (Å²) < 4.78 is 32.8. The number of carbonyl (C=O) groups is 1. The summed E-state index contributed by atoms with van der Waals surface area (Å²) in [4.78, 5) is 13.1. The van der Waals surface area contributed by atoms with Crippen LogP contribution < -0.4 is 10.1 Å². The molecular formula is C25H34N2O4S.